The zero-order chi connectivity index (χ0) is 5.11. The second-order valence-corrected chi connectivity index (χ2v) is 1.98. The van der Waals surface area contributed by atoms with Gasteiger partial charge in [0.2, 0.25) is 6.20 Å². The molecule has 0 fully saturated rings. The van der Waals surface area contributed by atoms with Crippen molar-refractivity contribution in [3.8, 4) is 0 Å². The molecule has 1 rings (SSSR count). The molecule has 1 aliphatic heterocycles. The molecule has 0 amide bonds. The van der Waals surface area contributed by atoms with E-state index in [1.807, 2.05) is 5.82 Å². The number of hydrogen-bond acceptors (Lipinski definition) is 2. The second-order valence-electron chi connectivity index (χ2n) is 1.17. The third-order valence-corrected chi connectivity index (χ3v) is 1.17. The maximum Gasteiger partial charge on any atom is 0.269 e. The monoisotopic (exact) mass is 114 g/mol. The molecule has 36 valence electrons. The summed E-state index contributed by atoms with van der Waals surface area (Å²) in [6, 6.07) is 0. The Bertz CT molecular complexity index is 137. The van der Waals surface area contributed by atoms with Crippen LogP contribution in [0.25, 0.3) is 0 Å². The molecule has 0 saturated carbocycles. The van der Waals surface area contributed by atoms with Gasteiger partial charge in [0.1, 0.15) is 0 Å². The Morgan fingerprint density at radius 2 is 2.71 bits per heavy atom. The largest absolute Gasteiger partial charge is 0.269 e. The Kier molecular flexibility index (Phi) is 1.27. The first-order valence-corrected chi connectivity index (χ1v) is 2.82. The molecule has 1 aliphatic rings. The molecule has 0 radical (unpaired) electrons. The third-order valence-electron chi connectivity index (χ3n) is 0.611. The quantitative estimate of drug-likeness (QED) is 0.367. The van der Waals surface area contributed by atoms with E-state index in [1.54, 1.807) is 6.20 Å². The molecule has 0 atom stereocenters. The summed E-state index contributed by atoms with van der Waals surface area (Å²) in [7, 11) is 0.976. The highest BCUT2D eigenvalue weighted by atomic mass is 31.1. The van der Waals surface area contributed by atoms with Gasteiger partial charge < -0.3 is 0 Å². The topological polar surface area (TPSA) is 39.2 Å². The standard InChI is InChI=1S/C3H5N3P/c4-6-1-2-7-5-3-6/h1-2,4H,3H2/q+1. The van der Waals surface area contributed by atoms with Crippen LogP contribution in [0.4, 0.5) is 0 Å². The average molecular weight is 114 g/mol. The van der Waals surface area contributed by atoms with Crippen molar-refractivity contribution in [2.24, 2.45) is 4.74 Å². The summed E-state index contributed by atoms with van der Waals surface area (Å²) in [5, 5.41) is 0. The molecule has 4 heteroatoms. The van der Waals surface area contributed by atoms with Crippen molar-refractivity contribution in [2.45, 2.75) is 0 Å². The van der Waals surface area contributed by atoms with Crippen molar-refractivity contribution in [1.82, 2.24) is 0 Å². The minimum Gasteiger partial charge on any atom is -0.196 e. The average Bonchev–Trinajstić information content (AvgIpc) is 1.69. The summed E-state index contributed by atoms with van der Waals surface area (Å²) in [4.78, 5) is 0. The first-order chi connectivity index (χ1) is 3.39. The van der Waals surface area contributed by atoms with Gasteiger partial charge in [0.05, 0.1) is 5.82 Å². The Morgan fingerprint density at radius 3 is 3.00 bits per heavy atom. The van der Waals surface area contributed by atoms with Crippen molar-refractivity contribution in [3.63, 3.8) is 0 Å². The summed E-state index contributed by atoms with van der Waals surface area (Å²) in [5.74, 6) is 1.83. The highest BCUT2D eigenvalue weighted by Gasteiger charge is 1.95. The van der Waals surface area contributed by atoms with Gasteiger partial charge in [-0.2, -0.15) is 4.74 Å². The fourth-order valence-electron chi connectivity index (χ4n) is 0.309. The van der Waals surface area contributed by atoms with Crippen molar-refractivity contribution >= 4 is 8.37 Å². The van der Waals surface area contributed by atoms with E-state index in [2.05, 4.69) is 4.74 Å². The van der Waals surface area contributed by atoms with Crippen molar-refractivity contribution in [2.75, 3.05) is 6.67 Å². The van der Waals surface area contributed by atoms with E-state index in [0.717, 1.165) is 8.37 Å². The van der Waals surface area contributed by atoms with E-state index in [4.69, 9.17) is 5.53 Å². The molecular formula is C3H5N3P+. The first-order valence-electron chi connectivity index (χ1n) is 1.91. The van der Waals surface area contributed by atoms with Crippen molar-refractivity contribution in [1.29, 1.82) is 5.53 Å². The van der Waals surface area contributed by atoms with Crippen LogP contribution in [0.1, 0.15) is 0 Å². The van der Waals surface area contributed by atoms with Crippen LogP contribution in [0, 0.1) is 5.53 Å². The lowest BCUT2D eigenvalue weighted by molar-refractivity contribution is -0.549. The van der Waals surface area contributed by atoms with E-state index >= 15 is 0 Å². The van der Waals surface area contributed by atoms with Gasteiger partial charge in [0.15, 0.2) is 0 Å². The molecule has 1 heterocycles. The van der Waals surface area contributed by atoms with Crippen LogP contribution in [-0.2, 0) is 0 Å². The lowest BCUT2D eigenvalue weighted by atomic mass is 10.9. The molecule has 0 aromatic rings. The van der Waals surface area contributed by atoms with Crippen LogP contribution < -0.4 is 0 Å². The molecule has 0 unspecified atom stereocenters. The zero-order valence-corrected chi connectivity index (χ0v) is 4.60. The van der Waals surface area contributed by atoms with Gasteiger partial charge in [0.25, 0.3) is 6.67 Å². The fraction of sp³-hybridized carbons (Fsp3) is 0.333. The maximum absolute atomic E-state index is 6.92. The minimum absolute atomic E-state index is 0.512. The van der Waals surface area contributed by atoms with Crippen LogP contribution in [-0.4, -0.2) is 11.4 Å². The van der Waals surface area contributed by atoms with Gasteiger partial charge in [-0.05, 0) is 0 Å². The number of rotatable bonds is 0. The molecule has 0 spiro atoms. The molecule has 0 saturated heterocycles. The van der Waals surface area contributed by atoms with E-state index in [1.165, 1.54) is 4.70 Å². The SMILES string of the molecule is N=[N+]1C=CP=NC1. The Morgan fingerprint density at radius 1 is 1.86 bits per heavy atom. The van der Waals surface area contributed by atoms with Crippen LogP contribution in [0.5, 0.6) is 0 Å². The van der Waals surface area contributed by atoms with E-state index < -0.39 is 0 Å². The molecule has 0 aliphatic carbocycles. The maximum atomic E-state index is 6.92. The summed E-state index contributed by atoms with van der Waals surface area (Å²) >= 11 is 0. The van der Waals surface area contributed by atoms with Crippen LogP contribution in [0.2, 0.25) is 0 Å². The van der Waals surface area contributed by atoms with Gasteiger partial charge in [-0.25, -0.2) is 0 Å². The number of hydrogen-bond donors (Lipinski definition) is 1. The van der Waals surface area contributed by atoms with Gasteiger partial charge in [-0.15, -0.1) is 0 Å². The predicted molar refractivity (Wildman–Crippen MR) is 26.3 cm³/mol. The van der Waals surface area contributed by atoms with E-state index in [-0.39, 0.29) is 0 Å². The summed E-state index contributed by atoms with van der Waals surface area (Å²) in [5.41, 5.74) is 6.92. The van der Waals surface area contributed by atoms with E-state index in [0.29, 0.717) is 6.67 Å². The third kappa shape index (κ3) is 1.16. The highest BCUT2D eigenvalue weighted by molar-refractivity contribution is 7.30. The molecular weight excluding hydrogens is 109 g/mol. The van der Waals surface area contributed by atoms with Crippen LogP contribution >= 0.6 is 8.37 Å². The van der Waals surface area contributed by atoms with Crippen LogP contribution in [0.3, 0.4) is 0 Å². The fourth-order valence-corrected chi connectivity index (χ4v) is 0.833. The van der Waals surface area contributed by atoms with Gasteiger partial charge in [-0.1, -0.05) is 10.2 Å². The van der Waals surface area contributed by atoms with Gasteiger partial charge in [-0.3, -0.25) is 0 Å². The van der Waals surface area contributed by atoms with Gasteiger partial charge in [0, 0.05) is 8.37 Å². The smallest absolute Gasteiger partial charge is 0.196 e. The Labute approximate surface area is 43.0 Å². The molecule has 0 aromatic carbocycles. The van der Waals surface area contributed by atoms with E-state index in [9.17, 15) is 0 Å². The molecule has 0 bridgehead atoms. The minimum atomic E-state index is 0.512. The predicted octanol–water partition coefficient (Wildman–Crippen LogP) is 1.60. The summed E-state index contributed by atoms with van der Waals surface area (Å²) in [6.07, 6.45) is 1.70. The summed E-state index contributed by atoms with van der Waals surface area (Å²) in [6.45, 7) is 0.512. The Balaban J connectivity index is 2.66. The first kappa shape index (κ1) is 4.60. The summed E-state index contributed by atoms with van der Waals surface area (Å²) < 4.78 is 5.17. The zero-order valence-electron chi connectivity index (χ0n) is 3.70. The Hall–Kier alpha value is -0.560. The molecule has 7 heavy (non-hydrogen) atoms. The second kappa shape index (κ2) is 1.94. The van der Waals surface area contributed by atoms with Crippen molar-refractivity contribution in [3.05, 3.63) is 12.0 Å². The molecule has 1 N–H and O–H groups in total. The number of nitrogens with zero attached hydrogens (tertiary/aromatic N) is 2. The molecule has 3 nitrogen and oxygen atoms in total. The van der Waals surface area contributed by atoms with Crippen molar-refractivity contribution < 1.29 is 4.70 Å². The lowest BCUT2D eigenvalue weighted by Crippen LogP contribution is -1.97. The normalized spacial score (nSPS) is 20.3. The van der Waals surface area contributed by atoms with Gasteiger partial charge >= 0.3 is 0 Å². The molecule has 0 aromatic heterocycles. The highest BCUT2D eigenvalue weighted by Crippen LogP contribution is 2.05. The number of nitrogens with one attached hydrogen (secondary N) is 1. The lowest BCUT2D eigenvalue weighted by Gasteiger charge is -1.85. The van der Waals surface area contributed by atoms with Crippen LogP contribution in [0.15, 0.2) is 16.8 Å².